The zero-order chi connectivity index (χ0) is 13.2. The molecule has 1 aromatic heterocycles. The number of nitrogens with one attached hydrogen (secondary N) is 1. The average Bonchev–Trinajstić information content (AvgIpc) is 2.47. The number of fused-ring (bicyclic) bond motifs is 1. The van der Waals surface area contributed by atoms with Crippen LogP contribution in [-0.2, 0) is 0 Å². The molecule has 0 atom stereocenters. The smallest absolute Gasteiger partial charge is 0.119 e. The Balaban J connectivity index is 2.15. The van der Waals surface area contributed by atoms with Gasteiger partial charge in [-0.3, -0.25) is 4.98 Å². The third-order valence-corrected chi connectivity index (χ3v) is 3.68. The van der Waals surface area contributed by atoms with Gasteiger partial charge >= 0.3 is 0 Å². The largest absolute Gasteiger partial charge is 0.497 e. The van der Waals surface area contributed by atoms with Gasteiger partial charge in [-0.05, 0) is 30.7 Å². The van der Waals surface area contributed by atoms with Gasteiger partial charge in [0, 0.05) is 43.4 Å². The van der Waals surface area contributed by atoms with E-state index in [9.17, 15) is 0 Å². The lowest BCUT2D eigenvalue weighted by Gasteiger charge is -2.30. The Kier molecular flexibility index (Phi) is 3.25. The molecular weight excluding hydrogens is 238 g/mol. The standard InChI is InChI=1S/C15H19N3O/c1-11-9-12(19-2)10-13-14(3-4-17-15(11)13)18-7-5-16-6-8-18/h3-4,9-10,16H,5-8H2,1-2H3. The summed E-state index contributed by atoms with van der Waals surface area (Å²) in [5.41, 5.74) is 3.48. The van der Waals surface area contributed by atoms with E-state index in [-0.39, 0.29) is 0 Å². The highest BCUT2D eigenvalue weighted by atomic mass is 16.5. The fourth-order valence-electron chi connectivity index (χ4n) is 2.68. The van der Waals surface area contributed by atoms with Crippen molar-refractivity contribution in [2.24, 2.45) is 0 Å². The van der Waals surface area contributed by atoms with Crippen LogP contribution in [0.5, 0.6) is 5.75 Å². The van der Waals surface area contributed by atoms with Gasteiger partial charge in [0.15, 0.2) is 0 Å². The molecule has 1 aliphatic heterocycles. The molecule has 1 N–H and O–H groups in total. The van der Waals surface area contributed by atoms with Crippen molar-refractivity contribution >= 4 is 16.6 Å². The molecule has 19 heavy (non-hydrogen) atoms. The number of piperazine rings is 1. The van der Waals surface area contributed by atoms with Gasteiger partial charge in [-0.25, -0.2) is 0 Å². The first-order valence-corrected chi connectivity index (χ1v) is 6.68. The van der Waals surface area contributed by atoms with Crippen molar-refractivity contribution in [3.05, 3.63) is 30.0 Å². The molecule has 0 radical (unpaired) electrons. The van der Waals surface area contributed by atoms with Crippen LogP contribution in [0.3, 0.4) is 0 Å². The predicted octanol–water partition coefficient (Wildman–Crippen LogP) is 1.96. The van der Waals surface area contributed by atoms with E-state index in [0.29, 0.717) is 0 Å². The monoisotopic (exact) mass is 257 g/mol. The number of hydrogen-bond acceptors (Lipinski definition) is 4. The minimum Gasteiger partial charge on any atom is -0.497 e. The minimum atomic E-state index is 0.898. The number of aromatic nitrogens is 1. The van der Waals surface area contributed by atoms with E-state index in [1.807, 2.05) is 12.3 Å². The number of rotatable bonds is 2. The van der Waals surface area contributed by atoms with Gasteiger partial charge in [-0.15, -0.1) is 0 Å². The number of methoxy groups -OCH3 is 1. The van der Waals surface area contributed by atoms with Crippen molar-refractivity contribution in [3.63, 3.8) is 0 Å². The summed E-state index contributed by atoms with van der Waals surface area (Å²) in [6, 6.07) is 6.23. The number of benzene rings is 1. The fourth-order valence-corrected chi connectivity index (χ4v) is 2.68. The van der Waals surface area contributed by atoms with E-state index < -0.39 is 0 Å². The van der Waals surface area contributed by atoms with E-state index in [1.165, 1.54) is 11.1 Å². The number of anilines is 1. The van der Waals surface area contributed by atoms with E-state index in [2.05, 4.69) is 34.3 Å². The highest BCUT2D eigenvalue weighted by Gasteiger charge is 2.15. The maximum atomic E-state index is 5.39. The molecular formula is C15H19N3O. The number of nitrogens with zero attached hydrogens (tertiary/aromatic N) is 2. The van der Waals surface area contributed by atoms with Crippen molar-refractivity contribution in [2.75, 3.05) is 38.2 Å². The highest BCUT2D eigenvalue weighted by molar-refractivity contribution is 5.94. The molecule has 0 amide bonds. The van der Waals surface area contributed by atoms with Crippen LogP contribution in [0, 0.1) is 6.92 Å². The highest BCUT2D eigenvalue weighted by Crippen LogP contribution is 2.31. The lowest BCUT2D eigenvalue weighted by molar-refractivity contribution is 0.415. The molecule has 3 rings (SSSR count). The average molecular weight is 257 g/mol. The van der Waals surface area contributed by atoms with Gasteiger partial charge in [0.05, 0.1) is 12.6 Å². The van der Waals surface area contributed by atoms with Gasteiger partial charge in [0.2, 0.25) is 0 Å². The quantitative estimate of drug-likeness (QED) is 0.892. The summed E-state index contributed by atoms with van der Waals surface area (Å²) in [7, 11) is 1.71. The van der Waals surface area contributed by atoms with Crippen LogP contribution < -0.4 is 15.0 Å². The van der Waals surface area contributed by atoms with Crippen molar-refractivity contribution in [1.82, 2.24) is 10.3 Å². The van der Waals surface area contributed by atoms with E-state index in [4.69, 9.17) is 4.74 Å². The topological polar surface area (TPSA) is 37.4 Å². The van der Waals surface area contributed by atoms with Crippen LogP contribution in [-0.4, -0.2) is 38.3 Å². The second-order valence-electron chi connectivity index (χ2n) is 4.91. The van der Waals surface area contributed by atoms with Crippen LogP contribution >= 0.6 is 0 Å². The van der Waals surface area contributed by atoms with Crippen LogP contribution in [0.4, 0.5) is 5.69 Å². The van der Waals surface area contributed by atoms with Gasteiger partial charge in [-0.2, -0.15) is 0 Å². The number of aryl methyl sites for hydroxylation is 1. The maximum absolute atomic E-state index is 5.39. The molecule has 0 bridgehead atoms. The third-order valence-electron chi connectivity index (χ3n) is 3.68. The summed E-state index contributed by atoms with van der Waals surface area (Å²) in [5, 5.41) is 4.57. The molecule has 1 aromatic carbocycles. The summed E-state index contributed by atoms with van der Waals surface area (Å²) in [6.07, 6.45) is 1.90. The summed E-state index contributed by atoms with van der Waals surface area (Å²) in [5.74, 6) is 0.898. The summed E-state index contributed by atoms with van der Waals surface area (Å²) >= 11 is 0. The van der Waals surface area contributed by atoms with Gasteiger partial charge in [-0.1, -0.05) is 0 Å². The maximum Gasteiger partial charge on any atom is 0.119 e. The Morgan fingerprint density at radius 2 is 2.05 bits per heavy atom. The lowest BCUT2D eigenvalue weighted by atomic mass is 10.1. The molecule has 4 heteroatoms. The Hall–Kier alpha value is -1.81. The number of pyridine rings is 1. The lowest BCUT2D eigenvalue weighted by Crippen LogP contribution is -2.43. The molecule has 4 nitrogen and oxygen atoms in total. The second-order valence-corrected chi connectivity index (χ2v) is 4.91. The number of ether oxygens (including phenoxy) is 1. The van der Waals surface area contributed by atoms with Crippen LogP contribution in [0.15, 0.2) is 24.4 Å². The van der Waals surface area contributed by atoms with Crippen molar-refractivity contribution in [1.29, 1.82) is 0 Å². The van der Waals surface area contributed by atoms with Crippen molar-refractivity contribution in [3.8, 4) is 5.75 Å². The Morgan fingerprint density at radius 3 is 2.79 bits per heavy atom. The molecule has 0 unspecified atom stereocenters. The van der Waals surface area contributed by atoms with Gasteiger partial charge in [0.1, 0.15) is 5.75 Å². The second kappa shape index (κ2) is 5.05. The molecule has 0 spiro atoms. The zero-order valence-electron chi connectivity index (χ0n) is 11.4. The molecule has 2 heterocycles. The molecule has 1 aliphatic rings. The summed E-state index contributed by atoms with van der Waals surface area (Å²) in [4.78, 5) is 6.93. The minimum absolute atomic E-state index is 0.898. The zero-order valence-corrected chi connectivity index (χ0v) is 11.4. The summed E-state index contributed by atoms with van der Waals surface area (Å²) < 4.78 is 5.39. The van der Waals surface area contributed by atoms with Crippen LogP contribution in [0.25, 0.3) is 10.9 Å². The van der Waals surface area contributed by atoms with E-state index >= 15 is 0 Å². The van der Waals surface area contributed by atoms with Gasteiger partial charge < -0.3 is 15.0 Å². The van der Waals surface area contributed by atoms with E-state index in [0.717, 1.165) is 43.0 Å². The molecule has 2 aromatic rings. The first kappa shape index (κ1) is 12.2. The normalized spacial score (nSPS) is 15.8. The SMILES string of the molecule is COc1cc(C)c2nccc(N3CCNCC3)c2c1. The molecule has 1 fully saturated rings. The van der Waals surface area contributed by atoms with Crippen LogP contribution in [0.2, 0.25) is 0 Å². The van der Waals surface area contributed by atoms with Crippen molar-refractivity contribution < 1.29 is 4.74 Å². The first-order valence-electron chi connectivity index (χ1n) is 6.68. The summed E-state index contributed by atoms with van der Waals surface area (Å²) in [6.45, 7) is 6.23. The Labute approximate surface area is 113 Å². The Morgan fingerprint density at radius 1 is 1.26 bits per heavy atom. The molecule has 0 saturated carbocycles. The molecule has 100 valence electrons. The molecule has 1 saturated heterocycles. The number of hydrogen-bond donors (Lipinski definition) is 1. The van der Waals surface area contributed by atoms with E-state index in [1.54, 1.807) is 7.11 Å². The Bertz CT molecular complexity index is 591. The molecule has 0 aliphatic carbocycles. The third kappa shape index (κ3) is 2.24. The first-order chi connectivity index (χ1) is 9.29. The predicted molar refractivity (Wildman–Crippen MR) is 78.1 cm³/mol. The van der Waals surface area contributed by atoms with Gasteiger partial charge in [0.25, 0.3) is 0 Å². The fraction of sp³-hybridized carbons (Fsp3) is 0.400. The van der Waals surface area contributed by atoms with Crippen molar-refractivity contribution in [2.45, 2.75) is 6.92 Å². The van der Waals surface area contributed by atoms with Crippen LogP contribution in [0.1, 0.15) is 5.56 Å².